The van der Waals surface area contributed by atoms with Gasteiger partial charge in [0.2, 0.25) is 0 Å². The van der Waals surface area contributed by atoms with E-state index in [2.05, 4.69) is 382 Å². The van der Waals surface area contributed by atoms with Gasteiger partial charge in [-0.3, -0.25) is 0 Å². The molecule has 0 N–H and O–H groups in total. The van der Waals surface area contributed by atoms with Gasteiger partial charge in [-0.2, -0.15) is 0 Å². The third-order valence-corrected chi connectivity index (χ3v) is 21.1. The van der Waals surface area contributed by atoms with Crippen LogP contribution in [-0.4, -0.2) is 4.57 Å². The fraction of sp³-hybridized carbons (Fsp3) is 0.333. The molecule has 0 spiro atoms. The standard InChI is InChI=1S/C96H106N2/c1-89(2,3)69-35-43-85-81(57-69)82-58-70(90(4,5)6)36-44-86(82)98(85)84-42-34-63-31-39-79-83(41-33-62-32-40-80(84)88(63)87(62)79)97(77-37-29-61(30-38-77)64-45-65(47-71(46-64)91(7,8)9)67-50-74(94(16,17)18)55-75(51-67)95(19,20)21)78-53-68(52-76(56-78)96(22,23)24)60-27-25-59(26-28-60)66-48-72(92(10,11)12)54-73(49-66)93(13,14)15/h25-58H,1-24H3. The fourth-order valence-electron chi connectivity index (χ4n) is 14.5. The maximum atomic E-state index is 2.56. The monoisotopic (exact) mass is 1290 g/mol. The van der Waals surface area contributed by atoms with Crippen molar-refractivity contribution in [3.05, 3.63) is 251 Å². The zero-order chi connectivity index (χ0) is 70.5. The topological polar surface area (TPSA) is 8.17 Å². The predicted molar refractivity (Wildman–Crippen MR) is 431 cm³/mol. The molecule has 0 amide bonds. The highest BCUT2D eigenvalue weighted by Crippen LogP contribution is 2.49. The molecule has 0 saturated carbocycles. The van der Waals surface area contributed by atoms with E-state index in [-0.39, 0.29) is 43.3 Å². The van der Waals surface area contributed by atoms with E-state index in [4.69, 9.17) is 0 Å². The second kappa shape index (κ2) is 23.5. The second-order valence-electron chi connectivity index (χ2n) is 37.0. The first-order valence-electron chi connectivity index (χ1n) is 36.0. The number of hydrogen-bond donors (Lipinski definition) is 0. The molecule has 0 aliphatic carbocycles. The van der Waals surface area contributed by atoms with Crippen LogP contribution >= 0.6 is 0 Å². The predicted octanol–water partition coefficient (Wildman–Crippen LogP) is 28.2. The van der Waals surface area contributed by atoms with Crippen LogP contribution in [0.3, 0.4) is 0 Å². The number of nitrogens with zero attached hydrogens (tertiary/aromatic N) is 2. The lowest BCUT2D eigenvalue weighted by atomic mass is 9.78. The Bertz CT molecular complexity index is 5100. The van der Waals surface area contributed by atoms with E-state index in [0.29, 0.717) is 0 Å². The summed E-state index contributed by atoms with van der Waals surface area (Å²) in [5, 5.41) is 10.1. The summed E-state index contributed by atoms with van der Waals surface area (Å²) in [6.45, 7) is 56.0. The number of aromatic nitrogens is 1. The van der Waals surface area contributed by atoms with E-state index in [1.165, 1.54) is 149 Å². The Balaban J connectivity index is 1.02. The van der Waals surface area contributed by atoms with Crippen molar-refractivity contribution >= 4 is 71.2 Å². The van der Waals surface area contributed by atoms with Gasteiger partial charge in [-0.1, -0.05) is 306 Å². The molecule has 0 saturated heterocycles. The molecule has 13 aromatic rings. The molecule has 1 heterocycles. The van der Waals surface area contributed by atoms with Gasteiger partial charge in [-0.15, -0.1) is 0 Å². The SMILES string of the molecule is CC(C)(C)c1cc(-c2ccc(N(c3cc(-c4ccc(-c5cc(C(C)(C)C)cc(C(C)(C)C)c5)cc4)cc(C(C)(C)C)c3)c3ccc4ccc5c(-n6c7ccc(C(C)(C)C)cc7c7cc(C(C)(C)C)ccc76)ccc6ccc3c4c65)cc2)cc(-c2cc(C(C)(C)C)cc(C(C)(C)C)c2)c1. The van der Waals surface area contributed by atoms with Gasteiger partial charge in [-0.05, 0) is 221 Å². The summed E-state index contributed by atoms with van der Waals surface area (Å²) in [7, 11) is 0. The van der Waals surface area contributed by atoms with E-state index >= 15 is 0 Å². The van der Waals surface area contributed by atoms with Crippen molar-refractivity contribution in [1.29, 1.82) is 0 Å². The molecule has 1 aromatic heterocycles. The summed E-state index contributed by atoms with van der Waals surface area (Å²) >= 11 is 0. The van der Waals surface area contributed by atoms with Crippen LogP contribution in [0.25, 0.3) is 104 Å². The number of anilines is 3. The number of fused-ring (bicyclic) bond motifs is 3. The van der Waals surface area contributed by atoms with E-state index in [0.717, 1.165) is 17.1 Å². The van der Waals surface area contributed by atoms with E-state index in [1.807, 2.05) is 0 Å². The summed E-state index contributed by atoms with van der Waals surface area (Å²) in [4.78, 5) is 2.56. The summed E-state index contributed by atoms with van der Waals surface area (Å²) < 4.78 is 2.55. The summed E-state index contributed by atoms with van der Waals surface area (Å²) in [5.74, 6) is 0. The first kappa shape index (κ1) is 67.8. The van der Waals surface area contributed by atoms with Crippen molar-refractivity contribution in [2.24, 2.45) is 0 Å². The molecule has 0 radical (unpaired) electrons. The highest BCUT2D eigenvalue weighted by atomic mass is 15.1. The molecule has 0 aliphatic heterocycles. The maximum Gasteiger partial charge on any atom is 0.0541 e. The summed E-state index contributed by atoms with van der Waals surface area (Å²) in [6, 6.07) is 81.5. The molecule has 2 nitrogen and oxygen atoms in total. The van der Waals surface area contributed by atoms with Crippen LogP contribution in [0, 0.1) is 0 Å². The van der Waals surface area contributed by atoms with Crippen LogP contribution in [0.4, 0.5) is 17.1 Å². The zero-order valence-corrected chi connectivity index (χ0v) is 63.5. The van der Waals surface area contributed by atoms with Gasteiger partial charge in [-0.25, -0.2) is 0 Å². The van der Waals surface area contributed by atoms with Crippen LogP contribution in [-0.2, 0) is 43.3 Å². The molecule has 0 aliphatic rings. The number of rotatable bonds is 8. The molecular weight excluding hydrogens is 1180 g/mol. The Morgan fingerprint density at radius 1 is 0.214 bits per heavy atom. The molecule has 0 unspecified atom stereocenters. The Morgan fingerprint density at radius 2 is 0.531 bits per heavy atom. The fourth-order valence-corrected chi connectivity index (χ4v) is 14.5. The van der Waals surface area contributed by atoms with Crippen molar-refractivity contribution in [1.82, 2.24) is 4.57 Å². The quantitative estimate of drug-likeness (QED) is 0.138. The van der Waals surface area contributed by atoms with Gasteiger partial charge < -0.3 is 9.47 Å². The van der Waals surface area contributed by atoms with Gasteiger partial charge in [0.25, 0.3) is 0 Å². The van der Waals surface area contributed by atoms with Crippen molar-refractivity contribution < 1.29 is 0 Å². The van der Waals surface area contributed by atoms with Crippen LogP contribution in [0.1, 0.15) is 211 Å². The van der Waals surface area contributed by atoms with Crippen molar-refractivity contribution in [2.45, 2.75) is 209 Å². The van der Waals surface area contributed by atoms with Crippen LogP contribution in [0.5, 0.6) is 0 Å². The van der Waals surface area contributed by atoms with Crippen LogP contribution in [0.2, 0.25) is 0 Å². The van der Waals surface area contributed by atoms with Gasteiger partial charge in [0, 0.05) is 32.9 Å². The Labute approximate surface area is 587 Å². The average molecular weight is 1290 g/mol. The summed E-state index contributed by atoms with van der Waals surface area (Å²) in [6.07, 6.45) is 0. The number of hydrogen-bond acceptors (Lipinski definition) is 1. The Kier molecular flexibility index (Phi) is 16.2. The molecule has 13 rings (SSSR count). The third-order valence-electron chi connectivity index (χ3n) is 21.1. The summed E-state index contributed by atoms with van der Waals surface area (Å²) in [5.41, 5.74) is 27.3. The molecule has 2 heteroatoms. The Morgan fingerprint density at radius 3 is 0.949 bits per heavy atom. The number of benzene rings is 12. The minimum atomic E-state index is -0.165. The van der Waals surface area contributed by atoms with E-state index < -0.39 is 0 Å². The molecular formula is C96H106N2. The van der Waals surface area contributed by atoms with E-state index in [9.17, 15) is 0 Å². The molecule has 0 atom stereocenters. The van der Waals surface area contributed by atoms with Crippen molar-refractivity contribution in [3.8, 4) is 50.2 Å². The lowest BCUT2D eigenvalue weighted by molar-refractivity contribution is 0.568. The lowest BCUT2D eigenvalue weighted by Crippen LogP contribution is -2.16. The van der Waals surface area contributed by atoms with Gasteiger partial charge in [0.1, 0.15) is 0 Å². The van der Waals surface area contributed by atoms with Gasteiger partial charge in [0.05, 0.1) is 22.4 Å². The third kappa shape index (κ3) is 12.8. The van der Waals surface area contributed by atoms with Gasteiger partial charge in [0.15, 0.2) is 0 Å². The molecule has 98 heavy (non-hydrogen) atoms. The minimum Gasteiger partial charge on any atom is -0.310 e. The van der Waals surface area contributed by atoms with Gasteiger partial charge >= 0.3 is 0 Å². The first-order chi connectivity index (χ1) is 45.6. The largest absolute Gasteiger partial charge is 0.310 e. The van der Waals surface area contributed by atoms with Crippen molar-refractivity contribution in [3.63, 3.8) is 0 Å². The lowest BCUT2D eigenvalue weighted by Gasteiger charge is -2.30. The van der Waals surface area contributed by atoms with Crippen molar-refractivity contribution in [2.75, 3.05) is 4.90 Å². The second-order valence-corrected chi connectivity index (χ2v) is 37.0. The van der Waals surface area contributed by atoms with E-state index in [1.54, 1.807) is 0 Å². The normalized spacial score (nSPS) is 13.3. The smallest absolute Gasteiger partial charge is 0.0541 e. The zero-order valence-electron chi connectivity index (χ0n) is 63.5. The minimum absolute atomic E-state index is 0.00130. The van der Waals surface area contributed by atoms with Crippen LogP contribution < -0.4 is 4.90 Å². The maximum absolute atomic E-state index is 2.56. The molecule has 500 valence electrons. The Hall–Kier alpha value is -8.72. The molecule has 0 bridgehead atoms. The average Bonchev–Trinajstić information content (AvgIpc) is 1.27. The first-order valence-corrected chi connectivity index (χ1v) is 36.0. The highest BCUT2D eigenvalue weighted by Gasteiger charge is 2.29. The van der Waals surface area contributed by atoms with Crippen LogP contribution in [0.15, 0.2) is 206 Å². The molecule has 12 aromatic carbocycles. The molecule has 0 fully saturated rings. The highest BCUT2D eigenvalue weighted by molar-refractivity contribution is 6.27.